The molecule has 1 aliphatic heterocycles. The number of carboxylic acids is 1. The molecule has 3 N–H and O–H groups in total. The number of hydrogen-bond donors (Lipinski definition) is 3. The topological polar surface area (TPSA) is 95.5 Å². The van der Waals surface area contributed by atoms with Crippen molar-refractivity contribution in [3.63, 3.8) is 0 Å². The lowest BCUT2D eigenvalue weighted by molar-refractivity contribution is 0.0692. The van der Waals surface area contributed by atoms with Crippen molar-refractivity contribution in [3.8, 4) is 0 Å². The van der Waals surface area contributed by atoms with Crippen molar-refractivity contribution < 1.29 is 18.3 Å². The molecule has 6 nitrogen and oxygen atoms in total. The largest absolute Gasteiger partial charge is 0.478 e. The lowest BCUT2D eigenvalue weighted by atomic mass is 10.0. The summed E-state index contributed by atoms with van der Waals surface area (Å²) in [7, 11) is -3.87. The van der Waals surface area contributed by atoms with Crippen LogP contribution in [-0.4, -0.2) is 32.6 Å². The zero-order valence-corrected chi connectivity index (χ0v) is 15.4. The minimum atomic E-state index is -3.87. The minimum Gasteiger partial charge on any atom is -0.478 e. The molecule has 8 heteroatoms. The summed E-state index contributed by atoms with van der Waals surface area (Å²) in [4.78, 5) is 12.4. The summed E-state index contributed by atoms with van der Waals surface area (Å²) in [5.41, 5.74) is 1.60. The van der Waals surface area contributed by atoms with Gasteiger partial charge in [-0.25, -0.2) is 17.9 Å². The Morgan fingerprint density at radius 2 is 2.08 bits per heavy atom. The molecule has 1 aromatic heterocycles. The van der Waals surface area contributed by atoms with E-state index in [-0.39, 0.29) is 22.2 Å². The van der Waals surface area contributed by atoms with E-state index in [1.165, 1.54) is 0 Å². The van der Waals surface area contributed by atoms with Crippen molar-refractivity contribution in [1.29, 1.82) is 0 Å². The number of hydrogen-bond acceptors (Lipinski definition) is 5. The summed E-state index contributed by atoms with van der Waals surface area (Å²) in [6.07, 6.45) is 0.531. The number of benzene rings is 1. The predicted molar refractivity (Wildman–Crippen MR) is 96.7 cm³/mol. The number of thiophene rings is 1. The summed E-state index contributed by atoms with van der Waals surface area (Å²) in [6.45, 7) is 3.31. The highest BCUT2D eigenvalue weighted by Gasteiger charge is 2.31. The van der Waals surface area contributed by atoms with Gasteiger partial charge in [0.1, 0.15) is 4.21 Å². The first-order valence-electron chi connectivity index (χ1n) is 8.03. The fourth-order valence-electron chi connectivity index (χ4n) is 2.91. The van der Waals surface area contributed by atoms with Crippen LogP contribution in [0.1, 0.15) is 39.2 Å². The van der Waals surface area contributed by atoms with Gasteiger partial charge in [0.15, 0.2) is 0 Å². The van der Waals surface area contributed by atoms with E-state index in [2.05, 4.69) is 10.0 Å². The van der Waals surface area contributed by atoms with Crippen LogP contribution in [-0.2, 0) is 23.0 Å². The van der Waals surface area contributed by atoms with Gasteiger partial charge in [0.2, 0.25) is 0 Å². The molecular formula is C17H20N2O4S2. The molecule has 1 aliphatic rings. The van der Waals surface area contributed by atoms with Gasteiger partial charge in [-0.15, -0.1) is 11.3 Å². The Hall–Kier alpha value is -1.74. The summed E-state index contributed by atoms with van der Waals surface area (Å²) in [5, 5.41) is 12.7. The first kappa shape index (κ1) is 18.1. The second kappa shape index (κ2) is 7.25. The predicted octanol–water partition coefficient (Wildman–Crippen LogP) is 2.17. The number of sulfonamides is 1. The Morgan fingerprint density at radius 1 is 1.36 bits per heavy atom. The number of carbonyl (C=O) groups is 1. The van der Waals surface area contributed by atoms with Crippen LogP contribution in [0.2, 0.25) is 0 Å². The highest BCUT2D eigenvalue weighted by molar-refractivity contribution is 7.91. The maximum absolute atomic E-state index is 12.7. The smallest absolute Gasteiger partial charge is 0.338 e. The molecule has 2 heterocycles. The third-order valence-corrected chi connectivity index (χ3v) is 7.48. The van der Waals surface area contributed by atoms with Crippen LogP contribution < -0.4 is 10.0 Å². The molecule has 134 valence electrons. The molecule has 1 aromatic carbocycles. The quantitative estimate of drug-likeness (QED) is 0.714. The normalized spacial score (nSPS) is 15.6. The fraction of sp³-hybridized carbons (Fsp3) is 0.353. The van der Waals surface area contributed by atoms with Gasteiger partial charge in [0, 0.05) is 18.0 Å². The number of aromatic carboxylic acids is 1. The van der Waals surface area contributed by atoms with Crippen LogP contribution in [0.3, 0.4) is 0 Å². The standard InChI is InChI=1S/C17H20N2O4S2/c1-11(12-5-3-2-4-6-12)9-19-25(22,23)17-15(16(20)21)13-7-8-18-10-14(13)24-17/h2-6,11,18-19H,7-10H2,1H3,(H,20,21)/t11-/m1/s1. The molecule has 0 bridgehead atoms. The maximum atomic E-state index is 12.7. The Balaban J connectivity index is 1.85. The minimum absolute atomic E-state index is 0.0134. The van der Waals surface area contributed by atoms with E-state index in [1.807, 2.05) is 37.3 Å². The SMILES string of the molecule is C[C@H](CNS(=O)(=O)c1sc2c(c1C(=O)O)CCNC2)c1ccccc1. The number of carboxylic acid groups (broad SMARTS) is 1. The molecule has 0 spiro atoms. The first-order valence-corrected chi connectivity index (χ1v) is 10.3. The van der Waals surface area contributed by atoms with Crippen molar-refractivity contribution in [2.75, 3.05) is 13.1 Å². The van der Waals surface area contributed by atoms with E-state index in [0.717, 1.165) is 21.8 Å². The monoisotopic (exact) mass is 380 g/mol. The lowest BCUT2D eigenvalue weighted by Crippen LogP contribution is -2.28. The van der Waals surface area contributed by atoms with Crippen molar-refractivity contribution in [3.05, 3.63) is 51.9 Å². The lowest BCUT2D eigenvalue weighted by Gasteiger charge is -2.13. The van der Waals surface area contributed by atoms with E-state index in [1.54, 1.807) is 0 Å². The molecule has 0 radical (unpaired) electrons. The molecule has 25 heavy (non-hydrogen) atoms. The van der Waals surface area contributed by atoms with E-state index < -0.39 is 16.0 Å². The molecule has 0 fully saturated rings. The number of rotatable bonds is 6. The average Bonchev–Trinajstić information content (AvgIpc) is 3.01. The summed E-state index contributed by atoms with van der Waals surface area (Å²) >= 11 is 1.05. The number of fused-ring (bicyclic) bond motifs is 1. The molecule has 0 aliphatic carbocycles. The zero-order valence-electron chi connectivity index (χ0n) is 13.8. The molecule has 0 saturated carbocycles. The van der Waals surface area contributed by atoms with Crippen molar-refractivity contribution in [2.45, 2.75) is 30.0 Å². The Labute approximate surface area is 150 Å². The Bertz CT molecular complexity index is 876. The summed E-state index contributed by atoms with van der Waals surface area (Å²) in [5.74, 6) is -1.20. The third-order valence-electron chi connectivity index (χ3n) is 4.30. The Kier molecular flexibility index (Phi) is 5.24. The number of nitrogens with one attached hydrogen (secondary N) is 2. The van der Waals surface area contributed by atoms with Crippen LogP contribution >= 0.6 is 11.3 Å². The van der Waals surface area contributed by atoms with Gasteiger partial charge >= 0.3 is 5.97 Å². The molecular weight excluding hydrogens is 360 g/mol. The van der Waals surface area contributed by atoms with Gasteiger partial charge in [-0.3, -0.25) is 0 Å². The first-order chi connectivity index (χ1) is 11.9. The van der Waals surface area contributed by atoms with E-state index in [4.69, 9.17) is 0 Å². The van der Waals surface area contributed by atoms with Gasteiger partial charge in [-0.2, -0.15) is 0 Å². The second-order valence-electron chi connectivity index (χ2n) is 6.06. The molecule has 0 unspecified atom stereocenters. The average molecular weight is 380 g/mol. The van der Waals surface area contributed by atoms with Crippen LogP contribution in [0.25, 0.3) is 0 Å². The van der Waals surface area contributed by atoms with Crippen LogP contribution in [0.15, 0.2) is 34.5 Å². The van der Waals surface area contributed by atoms with Gasteiger partial charge in [0.25, 0.3) is 10.0 Å². The second-order valence-corrected chi connectivity index (χ2v) is 9.13. The van der Waals surface area contributed by atoms with E-state index in [0.29, 0.717) is 25.1 Å². The van der Waals surface area contributed by atoms with Crippen molar-refractivity contribution in [1.82, 2.24) is 10.0 Å². The van der Waals surface area contributed by atoms with Crippen LogP contribution in [0.5, 0.6) is 0 Å². The van der Waals surface area contributed by atoms with Crippen molar-refractivity contribution >= 4 is 27.3 Å². The summed E-state index contributed by atoms with van der Waals surface area (Å²) in [6, 6.07) is 9.60. The zero-order chi connectivity index (χ0) is 18.0. The van der Waals surface area contributed by atoms with Gasteiger partial charge in [-0.05, 0) is 30.0 Å². The van der Waals surface area contributed by atoms with E-state index >= 15 is 0 Å². The third kappa shape index (κ3) is 3.77. The van der Waals surface area contributed by atoms with Gasteiger partial charge in [-0.1, -0.05) is 37.3 Å². The van der Waals surface area contributed by atoms with E-state index in [9.17, 15) is 18.3 Å². The molecule has 3 rings (SSSR count). The molecule has 2 aromatic rings. The van der Waals surface area contributed by atoms with Crippen LogP contribution in [0, 0.1) is 0 Å². The molecule has 0 amide bonds. The van der Waals surface area contributed by atoms with Gasteiger partial charge in [0.05, 0.1) is 5.56 Å². The highest BCUT2D eigenvalue weighted by atomic mass is 32.2. The fourth-order valence-corrected chi connectivity index (χ4v) is 5.95. The van der Waals surface area contributed by atoms with Crippen LogP contribution in [0.4, 0.5) is 0 Å². The van der Waals surface area contributed by atoms with Gasteiger partial charge < -0.3 is 10.4 Å². The summed E-state index contributed by atoms with van der Waals surface area (Å²) < 4.78 is 27.9. The molecule has 0 saturated heterocycles. The van der Waals surface area contributed by atoms with Crippen molar-refractivity contribution in [2.24, 2.45) is 0 Å². The maximum Gasteiger partial charge on any atom is 0.338 e. The highest BCUT2D eigenvalue weighted by Crippen LogP contribution is 2.34. The molecule has 1 atom stereocenters. The Morgan fingerprint density at radius 3 is 2.76 bits per heavy atom.